The molecule has 0 aromatic heterocycles. The zero-order chi connectivity index (χ0) is 16.9. The molecule has 0 radical (unpaired) electrons. The second-order valence-electron chi connectivity index (χ2n) is 6.03. The van der Waals surface area contributed by atoms with Gasteiger partial charge in [0.1, 0.15) is 0 Å². The van der Waals surface area contributed by atoms with Crippen molar-refractivity contribution in [2.45, 2.75) is 13.3 Å². The molecule has 1 fully saturated rings. The Balaban J connectivity index is 1.73. The summed E-state index contributed by atoms with van der Waals surface area (Å²) < 4.78 is 0. The van der Waals surface area contributed by atoms with Crippen molar-refractivity contribution >= 4 is 23.2 Å². The van der Waals surface area contributed by atoms with Gasteiger partial charge in [0.2, 0.25) is 5.91 Å². The van der Waals surface area contributed by atoms with E-state index in [9.17, 15) is 9.59 Å². The number of nitrogens with one attached hydrogen (secondary N) is 3. The molecule has 0 aliphatic carbocycles. The number of carbonyl (C=O) groups excluding carboxylic acids is 2. The number of anilines is 2. The van der Waals surface area contributed by atoms with Crippen LogP contribution in [-0.4, -0.2) is 24.9 Å². The Morgan fingerprint density at radius 1 is 1.08 bits per heavy atom. The van der Waals surface area contributed by atoms with Crippen molar-refractivity contribution in [3.63, 3.8) is 0 Å². The van der Waals surface area contributed by atoms with Crippen molar-refractivity contribution in [2.75, 3.05) is 23.7 Å². The highest BCUT2D eigenvalue weighted by Crippen LogP contribution is 2.20. The fraction of sp³-hybridized carbons (Fsp3) is 0.263. The molecular formula is C19H21N3O2. The Labute approximate surface area is 141 Å². The fourth-order valence-electron chi connectivity index (χ4n) is 2.74. The lowest BCUT2D eigenvalue weighted by Crippen LogP contribution is -2.25. The quantitative estimate of drug-likeness (QED) is 0.810. The van der Waals surface area contributed by atoms with Gasteiger partial charge in [-0.15, -0.1) is 0 Å². The first-order valence-corrected chi connectivity index (χ1v) is 8.12. The maximum absolute atomic E-state index is 12.4. The maximum Gasteiger partial charge on any atom is 0.255 e. The van der Waals surface area contributed by atoms with E-state index in [0.717, 1.165) is 24.2 Å². The number of aryl methyl sites for hydroxylation is 1. The van der Waals surface area contributed by atoms with Crippen LogP contribution in [0.2, 0.25) is 0 Å². The summed E-state index contributed by atoms with van der Waals surface area (Å²) in [6, 6.07) is 14.6. The van der Waals surface area contributed by atoms with E-state index in [1.54, 1.807) is 12.1 Å². The SMILES string of the molecule is Cc1ccc(C(=O)Nc2ccccc2)cc1NC(=O)C1CCNC1. The first-order chi connectivity index (χ1) is 11.6. The minimum atomic E-state index is -0.195. The van der Waals surface area contributed by atoms with E-state index in [0.29, 0.717) is 17.8 Å². The minimum Gasteiger partial charge on any atom is -0.326 e. The number of benzene rings is 2. The second-order valence-corrected chi connectivity index (χ2v) is 6.03. The van der Waals surface area contributed by atoms with Crippen molar-refractivity contribution in [3.05, 3.63) is 59.7 Å². The molecule has 5 heteroatoms. The van der Waals surface area contributed by atoms with Crippen LogP contribution >= 0.6 is 0 Å². The summed E-state index contributed by atoms with van der Waals surface area (Å²) in [5.74, 6) is -0.200. The summed E-state index contributed by atoms with van der Waals surface area (Å²) >= 11 is 0. The van der Waals surface area contributed by atoms with E-state index in [4.69, 9.17) is 0 Å². The van der Waals surface area contributed by atoms with E-state index < -0.39 is 0 Å². The molecule has 2 amide bonds. The third-order valence-electron chi connectivity index (χ3n) is 4.22. The van der Waals surface area contributed by atoms with E-state index in [1.165, 1.54) is 0 Å². The summed E-state index contributed by atoms with van der Waals surface area (Å²) in [4.78, 5) is 24.7. The molecule has 1 aliphatic rings. The van der Waals surface area contributed by atoms with Crippen LogP contribution in [0.1, 0.15) is 22.3 Å². The zero-order valence-corrected chi connectivity index (χ0v) is 13.6. The predicted octanol–water partition coefficient (Wildman–Crippen LogP) is 2.80. The Morgan fingerprint density at radius 3 is 2.58 bits per heavy atom. The largest absolute Gasteiger partial charge is 0.326 e. The van der Waals surface area contributed by atoms with Gasteiger partial charge in [-0.1, -0.05) is 24.3 Å². The molecule has 0 spiro atoms. The second kappa shape index (κ2) is 7.27. The fourth-order valence-corrected chi connectivity index (χ4v) is 2.74. The lowest BCUT2D eigenvalue weighted by atomic mass is 10.1. The van der Waals surface area contributed by atoms with Gasteiger partial charge in [-0.05, 0) is 49.7 Å². The van der Waals surface area contributed by atoms with Crippen LogP contribution in [-0.2, 0) is 4.79 Å². The molecule has 3 rings (SSSR count). The predicted molar refractivity (Wildman–Crippen MR) is 95.2 cm³/mol. The van der Waals surface area contributed by atoms with E-state index >= 15 is 0 Å². The van der Waals surface area contributed by atoms with Crippen LogP contribution in [0.4, 0.5) is 11.4 Å². The van der Waals surface area contributed by atoms with Gasteiger partial charge in [-0.25, -0.2) is 0 Å². The highest BCUT2D eigenvalue weighted by atomic mass is 16.2. The van der Waals surface area contributed by atoms with Crippen LogP contribution in [0.25, 0.3) is 0 Å². The first kappa shape index (κ1) is 16.2. The number of hydrogen-bond acceptors (Lipinski definition) is 3. The van der Waals surface area contributed by atoms with Crippen LogP contribution < -0.4 is 16.0 Å². The zero-order valence-electron chi connectivity index (χ0n) is 13.6. The molecule has 2 aromatic rings. The third kappa shape index (κ3) is 3.81. The molecule has 0 saturated carbocycles. The number of carbonyl (C=O) groups is 2. The Kier molecular flexibility index (Phi) is 4.91. The summed E-state index contributed by atoms with van der Waals surface area (Å²) in [7, 11) is 0. The first-order valence-electron chi connectivity index (χ1n) is 8.12. The normalized spacial score (nSPS) is 16.6. The average Bonchev–Trinajstić information content (AvgIpc) is 3.12. The summed E-state index contributed by atoms with van der Waals surface area (Å²) in [6.07, 6.45) is 0.846. The van der Waals surface area contributed by atoms with Crippen LogP contribution in [0.5, 0.6) is 0 Å². The number of para-hydroxylation sites is 1. The molecule has 2 aromatic carbocycles. The van der Waals surface area contributed by atoms with Gasteiger partial charge in [0, 0.05) is 23.5 Å². The van der Waals surface area contributed by atoms with E-state index in [1.807, 2.05) is 43.3 Å². The van der Waals surface area contributed by atoms with Gasteiger partial charge >= 0.3 is 0 Å². The molecule has 124 valence electrons. The average molecular weight is 323 g/mol. The van der Waals surface area contributed by atoms with Gasteiger partial charge in [-0.3, -0.25) is 9.59 Å². The van der Waals surface area contributed by atoms with Crippen molar-refractivity contribution < 1.29 is 9.59 Å². The Morgan fingerprint density at radius 2 is 1.88 bits per heavy atom. The molecule has 24 heavy (non-hydrogen) atoms. The van der Waals surface area contributed by atoms with Gasteiger partial charge < -0.3 is 16.0 Å². The summed E-state index contributed by atoms with van der Waals surface area (Å²) in [5, 5.41) is 8.99. The van der Waals surface area contributed by atoms with Crippen molar-refractivity contribution in [1.82, 2.24) is 5.32 Å². The molecule has 1 atom stereocenters. The molecular weight excluding hydrogens is 302 g/mol. The number of hydrogen-bond donors (Lipinski definition) is 3. The molecule has 3 N–H and O–H groups in total. The third-order valence-corrected chi connectivity index (χ3v) is 4.22. The summed E-state index contributed by atoms with van der Waals surface area (Å²) in [6.45, 7) is 3.50. The topological polar surface area (TPSA) is 70.2 Å². The van der Waals surface area contributed by atoms with Crippen molar-refractivity contribution in [2.24, 2.45) is 5.92 Å². The molecule has 5 nitrogen and oxygen atoms in total. The molecule has 1 heterocycles. The number of amides is 2. The highest BCUT2D eigenvalue weighted by Gasteiger charge is 2.23. The smallest absolute Gasteiger partial charge is 0.255 e. The van der Waals surface area contributed by atoms with Crippen molar-refractivity contribution in [3.8, 4) is 0 Å². The number of rotatable bonds is 4. The lowest BCUT2D eigenvalue weighted by Gasteiger charge is -2.13. The van der Waals surface area contributed by atoms with Crippen molar-refractivity contribution in [1.29, 1.82) is 0 Å². The standard InChI is InChI=1S/C19H21N3O2/c1-13-7-8-14(18(23)21-16-5-3-2-4-6-16)11-17(13)22-19(24)15-9-10-20-12-15/h2-8,11,15,20H,9-10,12H2,1H3,(H,21,23)(H,22,24). The van der Waals surface area contributed by atoms with Crippen LogP contribution in [0.15, 0.2) is 48.5 Å². The lowest BCUT2D eigenvalue weighted by molar-refractivity contribution is -0.119. The van der Waals surface area contributed by atoms with Gasteiger partial charge in [0.05, 0.1) is 5.92 Å². The molecule has 1 aliphatic heterocycles. The molecule has 1 saturated heterocycles. The Hall–Kier alpha value is -2.66. The van der Waals surface area contributed by atoms with E-state index in [2.05, 4.69) is 16.0 Å². The highest BCUT2D eigenvalue weighted by molar-refractivity contribution is 6.05. The van der Waals surface area contributed by atoms with Gasteiger partial charge in [0.25, 0.3) is 5.91 Å². The minimum absolute atomic E-state index is 0.00344. The summed E-state index contributed by atoms with van der Waals surface area (Å²) in [5.41, 5.74) is 2.88. The van der Waals surface area contributed by atoms with E-state index in [-0.39, 0.29) is 17.7 Å². The van der Waals surface area contributed by atoms with Gasteiger partial charge in [-0.2, -0.15) is 0 Å². The Bertz CT molecular complexity index is 738. The molecule has 1 unspecified atom stereocenters. The van der Waals surface area contributed by atoms with Crippen LogP contribution in [0.3, 0.4) is 0 Å². The maximum atomic E-state index is 12.4. The molecule has 0 bridgehead atoms. The van der Waals surface area contributed by atoms with Crippen LogP contribution in [0, 0.1) is 12.8 Å². The van der Waals surface area contributed by atoms with Gasteiger partial charge in [0.15, 0.2) is 0 Å². The monoisotopic (exact) mass is 323 g/mol.